The van der Waals surface area contributed by atoms with Crippen LogP contribution in [-0.2, 0) is 9.59 Å². The van der Waals surface area contributed by atoms with Crippen molar-refractivity contribution in [3.8, 4) is 0 Å². The predicted molar refractivity (Wildman–Crippen MR) is 72.7 cm³/mol. The molecule has 2 aliphatic rings. The average Bonchev–Trinajstić information content (AvgIpc) is 2.87. The molecule has 1 amide bonds. The molecule has 0 aromatic heterocycles. The second-order valence-corrected chi connectivity index (χ2v) is 6.41. The lowest BCUT2D eigenvalue weighted by molar-refractivity contribution is -0.141. The van der Waals surface area contributed by atoms with E-state index in [0.717, 1.165) is 25.2 Å². The Labute approximate surface area is 115 Å². The van der Waals surface area contributed by atoms with Gasteiger partial charge in [-0.2, -0.15) is 0 Å². The first-order valence-corrected chi connectivity index (χ1v) is 7.48. The van der Waals surface area contributed by atoms with Crippen LogP contribution in [-0.4, -0.2) is 35.0 Å². The largest absolute Gasteiger partial charge is 0.481 e. The lowest BCUT2D eigenvalue weighted by atomic mass is 9.86. The van der Waals surface area contributed by atoms with Gasteiger partial charge in [0, 0.05) is 19.0 Å². The van der Waals surface area contributed by atoms with E-state index < -0.39 is 5.97 Å². The highest BCUT2D eigenvalue weighted by Gasteiger charge is 2.36. The Morgan fingerprint density at radius 3 is 2.11 bits per heavy atom. The zero-order valence-electron chi connectivity index (χ0n) is 12.0. The summed E-state index contributed by atoms with van der Waals surface area (Å²) in [5.41, 5.74) is 0. The maximum Gasteiger partial charge on any atom is 0.306 e. The highest BCUT2D eigenvalue weighted by Crippen LogP contribution is 2.34. The van der Waals surface area contributed by atoms with Gasteiger partial charge in [0.25, 0.3) is 0 Å². The van der Waals surface area contributed by atoms with E-state index in [1.54, 1.807) is 0 Å². The lowest BCUT2D eigenvalue weighted by Gasteiger charge is -2.35. The van der Waals surface area contributed by atoms with E-state index in [1.165, 1.54) is 12.8 Å². The molecule has 2 atom stereocenters. The molecule has 2 saturated carbocycles. The Morgan fingerprint density at radius 2 is 1.58 bits per heavy atom. The van der Waals surface area contributed by atoms with E-state index in [4.69, 9.17) is 5.11 Å². The van der Waals surface area contributed by atoms with Crippen molar-refractivity contribution in [1.29, 1.82) is 0 Å². The van der Waals surface area contributed by atoms with Crippen molar-refractivity contribution >= 4 is 11.9 Å². The fourth-order valence-electron chi connectivity index (χ4n) is 3.53. The van der Waals surface area contributed by atoms with Gasteiger partial charge in [0.15, 0.2) is 0 Å². The quantitative estimate of drug-likeness (QED) is 0.854. The lowest BCUT2D eigenvalue weighted by Crippen LogP contribution is -2.42. The molecule has 2 fully saturated rings. The summed E-state index contributed by atoms with van der Waals surface area (Å²) < 4.78 is 0. The van der Waals surface area contributed by atoms with Crippen LogP contribution in [0.15, 0.2) is 0 Å². The van der Waals surface area contributed by atoms with Crippen molar-refractivity contribution < 1.29 is 14.7 Å². The molecule has 0 spiro atoms. The summed E-state index contributed by atoms with van der Waals surface area (Å²) in [7, 11) is 1.90. The molecule has 0 bridgehead atoms. The van der Waals surface area contributed by atoms with Gasteiger partial charge in [-0.1, -0.05) is 6.92 Å². The van der Waals surface area contributed by atoms with Gasteiger partial charge < -0.3 is 10.0 Å². The molecule has 2 aliphatic carbocycles. The molecule has 0 aromatic rings. The molecule has 4 nitrogen and oxygen atoms in total. The first-order valence-electron chi connectivity index (χ1n) is 7.48. The summed E-state index contributed by atoms with van der Waals surface area (Å²) in [6.45, 7) is 2.27. The number of carboxylic acid groups (broad SMARTS) is 1. The molecule has 0 heterocycles. The van der Waals surface area contributed by atoms with E-state index >= 15 is 0 Å². The maximum atomic E-state index is 12.4. The average molecular weight is 267 g/mol. The standard InChI is InChI=1S/C15H25NO3/c1-10-3-7-13(8-4-10)16(2)14(17)11-5-6-12(9-11)15(18)19/h10-13H,3-9H2,1-2H3,(H,18,19). The summed E-state index contributed by atoms with van der Waals surface area (Å²) in [6.07, 6.45) is 6.51. The second-order valence-electron chi connectivity index (χ2n) is 6.41. The van der Waals surface area contributed by atoms with Gasteiger partial charge in [0.05, 0.1) is 5.92 Å². The molecule has 1 N–H and O–H groups in total. The minimum atomic E-state index is -0.746. The summed E-state index contributed by atoms with van der Waals surface area (Å²) in [6, 6.07) is 0.368. The Kier molecular flexibility index (Phi) is 4.48. The zero-order chi connectivity index (χ0) is 14.0. The predicted octanol–water partition coefficient (Wildman–Crippen LogP) is 2.52. The number of aliphatic carboxylic acids is 1. The number of carbonyl (C=O) groups excluding carboxylic acids is 1. The molecule has 0 radical (unpaired) electrons. The van der Waals surface area contributed by atoms with E-state index in [2.05, 4.69) is 6.92 Å². The minimum Gasteiger partial charge on any atom is -0.481 e. The Balaban J connectivity index is 1.87. The van der Waals surface area contributed by atoms with E-state index in [-0.39, 0.29) is 17.7 Å². The molecular formula is C15H25NO3. The van der Waals surface area contributed by atoms with Crippen LogP contribution in [0.5, 0.6) is 0 Å². The molecule has 2 unspecified atom stereocenters. The van der Waals surface area contributed by atoms with Crippen molar-refractivity contribution in [3.63, 3.8) is 0 Å². The fourth-order valence-corrected chi connectivity index (χ4v) is 3.53. The SMILES string of the molecule is CC1CCC(N(C)C(=O)C2CCC(C(=O)O)C2)CC1. The van der Waals surface area contributed by atoms with E-state index in [9.17, 15) is 9.59 Å². The normalized spacial score (nSPS) is 35.1. The van der Waals surface area contributed by atoms with Gasteiger partial charge in [-0.05, 0) is 50.9 Å². The Morgan fingerprint density at radius 1 is 1.00 bits per heavy atom. The second kappa shape index (κ2) is 5.93. The number of hydrogen-bond acceptors (Lipinski definition) is 2. The third kappa shape index (κ3) is 3.28. The smallest absolute Gasteiger partial charge is 0.306 e. The Hall–Kier alpha value is -1.06. The van der Waals surface area contributed by atoms with Crippen LogP contribution >= 0.6 is 0 Å². The van der Waals surface area contributed by atoms with Crippen molar-refractivity contribution in [1.82, 2.24) is 4.90 Å². The highest BCUT2D eigenvalue weighted by atomic mass is 16.4. The molecule has 19 heavy (non-hydrogen) atoms. The molecule has 0 aliphatic heterocycles. The third-order valence-corrected chi connectivity index (χ3v) is 5.01. The van der Waals surface area contributed by atoms with Gasteiger partial charge in [-0.15, -0.1) is 0 Å². The number of rotatable bonds is 3. The molecule has 4 heteroatoms. The van der Waals surface area contributed by atoms with Crippen LogP contribution in [0.3, 0.4) is 0 Å². The number of nitrogens with zero attached hydrogens (tertiary/aromatic N) is 1. The number of hydrogen-bond donors (Lipinski definition) is 1. The van der Waals surface area contributed by atoms with Crippen LogP contribution in [0.25, 0.3) is 0 Å². The van der Waals surface area contributed by atoms with Crippen molar-refractivity contribution in [2.24, 2.45) is 17.8 Å². The van der Waals surface area contributed by atoms with Crippen LogP contribution in [0.2, 0.25) is 0 Å². The number of amides is 1. The van der Waals surface area contributed by atoms with Gasteiger partial charge in [0.2, 0.25) is 5.91 Å². The van der Waals surface area contributed by atoms with Crippen LogP contribution in [0.4, 0.5) is 0 Å². The van der Waals surface area contributed by atoms with Gasteiger partial charge in [-0.25, -0.2) is 0 Å². The monoisotopic (exact) mass is 267 g/mol. The highest BCUT2D eigenvalue weighted by molar-refractivity contribution is 5.81. The fraction of sp³-hybridized carbons (Fsp3) is 0.867. The third-order valence-electron chi connectivity index (χ3n) is 5.01. The topological polar surface area (TPSA) is 57.6 Å². The van der Waals surface area contributed by atoms with Crippen molar-refractivity contribution in [2.75, 3.05) is 7.05 Å². The minimum absolute atomic E-state index is 0.0644. The summed E-state index contributed by atoms with van der Waals surface area (Å²) in [5.74, 6) is -0.172. The molecule has 108 valence electrons. The van der Waals surface area contributed by atoms with E-state index in [0.29, 0.717) is 18.9 Å². The molecular weight excluding hydrogens is 242 g/mol. The maximum absolute atomic E-state index is 12.4. The molecule has 0 aromatic carbocycles. The van der Waals surface area contributed by atoms with Crippen LogP contribution < -0.4 is 0 Å². The number of carbonyl (C=O) groups is 2. The van der Waals surface area contributed by atoms with Crippen molar-refractivity contribution in [2.45, 2.75) is 57.9 Å². The van der Waals surface area contributed by atoms with Crippen LogP contribution in [0, 0.1) is 17.8 Å². The number of carboxylic acids is 1. The molecule has 2 rings (SSSR count). The van der Waals surface area contributed by atoms with Gasteiger partial charge >= 0.3 is 5.97 Å². The van der Waals surface area contributed by atoms with Crippen LogP contribution in [0.1, 0.15) is 51.9 Å². The molecule has 0 saturated heterocycles. The van der Waals surface area contributed by atoms with Gasteiger partial charge in [-0.3, -0.25) is 9.59 Å². The summed E-state index contributed by atoms with van der Waals surface area (Å²) >= 11 is 0. The van der Waals surface area contributed by atoms with E-state index in [1.807, 2.05) is 11.9 Å². The Bertz CT molecular complexity index is 347. The summed E-state index contributed by atoms with van der Waals surface area (Å²) in [4.78, 5) is 25.3. The first-order chi connectivity index (χ1) is 8.99. The zero-order valence-corrected chi connectivity index (χ0v) is 12.0. The summed E-state index contributed by atoms with van der Waals surface area (Å²) in [5, 5.41) is 9.00. The van der Waals surface area contributed by atoms with Crippen molar-refractivity contribution in [3.05, 3.63) is 0 Å². The van der Waals surface area contributed by atoms with Gasteiger partial charge in [0.1, 0.15) is 0 Å². The first kappa shape index (κ1) is 14.4.